The molecule has 5 aliphatic carbocycles. The number of rotatable bonds is 4. The number of hydrogen-bond acceptors (Lipinski definition) is 2. The van der Waals surface area contributed by atoms with Gasteiger partial charge in [0.25, 0.3) is 0 Å². The van der Waals surface area contributed by atoms with Gasteiger partial charge in [0.2, 0.25) is 0 Å². The van der Waals surface area contributed by atoms with E-state index in [1.54, 1.807) is 0 Å². The molecule has 0 heterocycles. The lowest BCUT2D eigenvalue weighted by Gasteiger charge is -2.63. The number of fused-ring (bicyclic) bond motifs is 2. The van der Waals surface area contributed by atoms with E-state index in [2.05, 4.69) is 34.6 Å². The number of aliphatic hydroxyl groups is 1. The van der Waals surface area contributed by atoms with E-state index in [0.29, 0.717) is 45.8 Å². The number of carboxylic acids is 1. The third kappa shape index (κ3) is 2.34. The Morgan fingerprint density at radius 3 is 2.27 bits per heavy atom. The van der Waals surface area contributed by atoms with Crippen molar-refractivity contribution in [2.75, 3.05) is 0 Å². The van der Waals surface area contributed by atoms with Gasteiger partial charge in [-0.2, -0.15) is 0 Å². The summed E-state index contributed by atoms with van der Waals surface area (Å²) in [5, 5.41) is 20.0. The van der Waals surface area contributed by atoms with Crippen molar-refractivity contribution in [3.05, 3.63) is 0 Å². The fraction of sp³-hybridized carbons (Fsp3) is 0.963. The minimum atomic E-state index is -0.643. The van der Waals surface area contributed by atoms with Crippen molar-refractivity contribution < 1.29 is 15.0 Å². The lowest BCUT2D eigenvalue weighted by Crippen LogP contribution is -2.57. The van der Waals surface area contributed by atoms with E-state index in [9.17, 15) is 15.0 Å². The molecule has 30 heavy (non-hydrogen) atoms. The zero-order valence-electron chi connectivity index (χ0n) is 20.0. The second kappa shape index (κ2) is 6.27. The van der Waals surface area contributed by atoms with Crippen molar-refractivity contribution in [2.24, 2.45) is 50.7 Å². The summed E-state index contributed by atoms with van der Waals surface area (Å²) in [6.07, 6.45) is 12.7. The SMILES string of the molecule is C[C@H](CCC(=O)O)[C@H]1CC[C@@]2(C)[C@@H]3CC[C@H]4C(C)(C)[C@@H](O)CC[C@@]45C[C@@]35CC[C@]12C. The molecule has 5 saturated carbocycles. The molecule has 0 aromatic carbocycles. The zero-order valence-corrected chi connectivity index (χ0v) is 20.0. The molecule has 0 amide bonds. The van der Waals surface area contributed by atoms with Gasteiger partial charge in [-0.25, -0.2) is 0 Å². The Balaban J connectivity index is 1.44. The Morgan fingerprint density at radius 1 is 0.900 bits per heavy atom. The van der Waals surface area contributed by atoms with Crippen LogP contribution in [0.1, 0.15) is 105 Å². The average Bonchev–Trinajstić information content (AvgIpc) is 3.26. The van der Waals surface area contributed by atoms with E-state index in [0.717, 1.165) is 18.8 Å². The van der Waals surface area contributed by atoms with Crippen molar-refractivity contribution in [2.45, 2.75) is 111 Å². The quantitative estimate of drug-likeness (QED) is 0.566. The Kier molecular flexibility index (Phi) is 4.45. The predicted molar refractivity (Wildman–Crippen MR) is 119 cm³/mol. The summed E-state index contributed by atoms with van der Waals surface area (Å²) in [5.41, 5.74) is 1.89. The summed E-state index contributed by atoms with van der Waals surface area (Å²) in [6, 6.07) is 0. The van der Waals surface area contributed by atoms with Crippen LogP contribution in [-0.4, -0.2) is 22.3 Å². The summed E-state index contributed by atoms with van der Waals surface area (Å²) in [6.45, 7) is 12.2. The molecule has 5 fully saturated rings. The van der Waals surface area contributed by atoms with Gasteiger partial charge >= 0.3 is 5.97 Å². The third-order valence-electron chi connectivity index (χ3n) is 12.7. The summed E-state index contributed by atoms with van der Waals surface area (Å²) in [7, 11) is 0. The molecular weight excluding hydrogens is 372 g/mol. The van der Waals surface area contributed by atoms with Crippen molar-refractivity contribution in [1.82, 2.24) is 0 Å². The van der Waals surface area contributed by atoms with E-state index in [1.165, 1.54) is 51.4 Å². The summed E-state index contributed by atoms with van der Waals surface area (Å²) >= 11 is 0. The molecule has 9 atom stereocenters. The Morgan fingerprint density at radius 2 is 1.57 bits per heavy atom. The third-order valence-corrected chi connectivity index (χ3v) is 12.7. The molecule has 3 heteroatoms. The standard InChI is InChI=1S/C27H44O3/c1-17(6-9-22(29)30)18-10-12-25(5)20-8-7-19-23(2,3)21(28)11-13-26(19)16-27(20,26)15-14-24(18,25)4/h17-21,28H,6-16H2,1-5H3,(H,29,30)/t17-,18-,19+,20+,21+,24-,25+,26-,27+/m1/s1. The van der Waals surface area contributed by atoms with Gasteiger partial charge in [-0.05, 0) is 115 Å². The van der Waals surface area contributed by atoms with Gasteiger partial charge in [-0.1, -0.05) is 34.6 Å². The Bertz CT molecular complexity index is 744. The molecule has 5 rings (SSSR count). The highest BCUT2D eigenvalue weighted by atomic mass is 16.4. The maximum atomic E-state index is 11.2. The van der Waals surface area contributed by atoms with Crippen molar-refractivity contribution in [1.29, 1.82) is 0 Å². The molecule has 0 aliphatic heterocycles. The second-order valence-electron chi connectivity index (χ2n) is 13.4. The smallest absolute Gasteiger partial charge is 0.303 e. The Labute approximate surface area is 183 Å². The van der Waals surface area contributed by atoms with E-state index in [1.807, 2.05) is 0 Å². The highest BCUT2D eigenvalue weighted by Crippen LogP contribution is 2.89. The molecular formula is C27H44O3. The maximum absolute atomic E-state index is 11.2. The Hall–Kier alpha value is -0.570. The minimum Gasteiger partial charge on any atom is -0.481 e. The first-order chi connectivity index (χ1) is 13.9. The molecule has 0 aromatic heterocycles. The van der Waals surface area contributed by atoms with Crippen LogP contribution in [0, 0.1) is 50.7 Å². The predicted octanol–water partition coefficient (Wildman–Crippen LogP) is 6.29. The summed E-state index contributed by atoms with van der Waals surface area (Å²) < 4.78 is 0. The summed E-state index contributed by atoms with van der Waals surface area (Å²) in [5.74, 6) is 2.08. The number of aliphatic hydroxyl groups excluding tert-OH is 1. The maximum Gasteiger partial charge on any atom is 0.303 e. The molecule has 0 bridgehead atoms. The number of hydrogen-bond donors (Lipinski definition) is 2. The lowest BCUT2D eigenvalue weighted by molar-refractivity contribution is -0.161. The van der Waals surface area contributed by atoms with Gasteiger partial charge in [-0.15, -0.1) is 0 Å². The molecule has 0 aromatic rings. The molecule has 2 spiro atoms. The van der Waals surface area contributed by atoms with Crippen LogP contribution in [0.15, 0.2) is 0 Å². The topological polar surface area (TPSA) is 57.5 Å². The fourth-order valence-corrected chi connectivity index (χ4v) is 10.9. The highest BCUT2D eigenvalue weighted by Gasteiger charge is 2.82. The number of carbonyl (C=O) groups is 1. The average molecular weight is 417 g/mol. The van der Waals surface area contributed by atoms with E-state index in [4.69, 9.17) is 0 Å². The van der Waals surface area contributed by atoms with Gasteiger partial charge in [0.05, 0.1) is 6.10 Å². The number of carboxylic acid groups (broad SMARTS) is 1. The molecule has 0 saturated heterocycles. The highest BCUT2D eigenvalue weighted by molar-refractivity contribution is 5.66. The first-order valence-corrected chi connectivity index (χ1v) is 12.8. The zero-order chi connectivity index (χ0) is 21.7. The monoisotopic (exact) mass is 416 g/mol. The van der Waals surface area contributed by atoms with Crippen LogP contribution in [0.4, 0.5) is 0 Å². The molecule has 5 aliphatic rings. The molecule has 0 radical (unpaired) electrons. The van der Waals surface area contributed by atoms with E-state index >= 15 is 0 Å². The largest absolute Gasteiger partial charge is 0.481 e. The second-order valence-corrected chi connectivity index (χ2v) is 13.4. The first kappa shape index (κ1) is 21.3. The van der Waals surface area contributed by atoms with Crippen molar-refractivity contribution in [3.8, 4) is 0 Å². The van der Waals surface area contributed by atoms with Crippen molar-refractivity contribution >= 4 is 5.97 Å². The normalized spacial score (nSPS) is 54.3. The lowest BCUT2D eigenvalue weighted by atomic mass is 9.41. The van der Waals surface area contributed by atoms with Crippen LogP contribution in [0.3, 0.4) is 0 Å². The van der Waals surface area contributed by atoms with Crippen LogP contribution in [0.25, 0.3) is 0 Å². The molecule has 0 unspecified atom stereocenters. The van der Waals surface area contributed by atoms with Crippen LogP contribution in [0.2, 0.25) is 0 Å². The molecule has 2 N–H and O–H groups in total. The van der Waals surface area contributed by atoms with Crippen LogP contribution in [0.5, 0.6) is 0 Å². The molecule has 3 nitrogen and oxygen atoms in total. The van der Waals surface area contributed by atoms with Crippen LogP contribution < -0.4 is 0 Å². The van der Waals surface area contributed by atoms with E-state index in [-0.39, 0.29) is 11.5 Å². The van der Waals surface area contributed by atoms with Gasteiger partial charge in [0.15, 0.2) is 0 Å². The minimum absolute atomic E-state index is 0.0674. The van der Waals surface area contributed by atoms with Crippen molar-refractivity contribution in [3.63, 3.8) is 0 Å². The van der Waals surface area contributed by atoms with Gasteiger partial charge in [-0.3, -0.25) is 4.79 Å². The first-order valence-electron chi connectivity index (χ1n) is 12.8. The van der Waals surface area contributed by atoms with E-state index < -0.39 is 5.97 Å². The van der Waals surface area contributed by atoms with Crippen LogP contribution >= 0.6 is 0 Å². The van der Waals surface area contributed by atoms with Gasteiger partial charge in [0, 0.05) is 6.42 Å². The summed E-state index contributed by atoms with van der Waals surface area (Å²) in [4.78, 5) is 11.2. The van der Waals surface area contributed by atoms with Gasteiger partial charge < -0.3 is 10.2 Å². The molecule has 170 valence electrons. The van der Waals surface area contributed by atoms with Gasteiger partial charge in [0.1, 0.15) is 0 Å². The van der Waals surface area contributed by atoms with Crippen LogP contribution in [-0.2, 0) is 4.79 Å². The fourth-order valence-electron chi connectivity index (χ4n) is 10.9. The number of aliphatic carboxylic acids is 1.